The highest BCUT2D eigenvalue weighted by Crippen LogP contribution is 2.34. The molecule has 0 atom stereocenters. The van der Waals surface area contributed by atoms with Gasteiger partial charge in [-0.15, -0.1) is 11.8 Å². The maximum Gasteiger partial charge on any atom is 0.123 e. The highest BCUT2D eigenvalue weighted by molar-refractivity contribution is 7.99. The Morgan fingerprint density at radius 1 is 1.40 bits per heavy atom. The third-order valence-corrected chi connectivity index (χ3v) is 4.06. The van der Waals surface area contributed by atoms with Gasteiger partial charge in [-0.25, -0.2) is 4.98 Å². The fourth-order valence-electron chi connectivity index (χ4n) is 1.87. The third kappa shape index (κ3) is 2.86. The van der Waals surface area contributed by atoms with Crippen molar-refractivity contribution < 1.29 is 5.11 Å². The molecular formula is C11H16N2OS. The SMILES string of the molecule is Nc1ccc(SCC2(O)CCCC2)cn1. The highest BCUT2D eigenvalue weighted by Gasteiger charge is 2.30. The molecule has 1 fully saturated rings. The van der Waals surface area contributed by atoms with Crippen molar-refractivity contribution in [1.82, 2.24) is 4.98 Å². The predicted octanol–water partition coefficient (Wildman–Crippen LogP) is 2.06. The van der Waals surface area contributed by atoms with E-state index in [9.17, 15) is 5.11 Å². The maximum absolute atomic E-state index is 10.1. The average molecular weight is 224 g/mol. The maximum atomic E-state index is 10.1. The van der Waals surface area contributed by atoms with Crippen molar-refractivity contribution in [1.29, 1.82) is 0 Å². The monoisotopic (exact) mass is 224 g/mol. The van der Waals surface area contributed by atoms with Gasteiger partial charge in [-0.1, -0.05) is 12.8 Å². The van der Waals surface area contributed by atoms with Crippen molar-refractivity contribution in [3.8, 4) is 0 Å². The van der Waals surface area contributed by atoms with Gasteiger partial charge in [0.15, 0.2) is 0 Å². The molecule has 1 heterocycles. The summed E-state index contributed by atoms with van der Waals surface area (Å²) in [5.74, 6) is 1.30. The zero-order valence-corrected chi connectivity index (χ0v) is 9.46. The number of hydrogen-bond acceptors (Lipinski definition) is 4. The van der Waals surface area contributed by atoms with Crippen LogP contribution in [0.25, 0.3) is 0 Å². The van der Waals surface area contributed by atoms with Crippen LogP contribution in [0.2, 0.25) is 0 Å². The van der Waals surface area contributed by atoms with Crippen LogP contribution in [0.1, 0.15) is 25.7 Å². The van der Waals surface area contributed by atoms with Crippen LogP contribution >= 0.6 is 11.8 Å². The second-order valence-electron chi connectivity index (χ2n) is 4.14. The van der Waals surface area contributed by atoms with Crippen molar-refractivity contribution in [3.05, 3.63) is 18.3 Å². The number of rotatable bonds is 3. The van der Waals surface area contributed by atoms with Gasteiger partial charge >= 0.3 is 0 Å². The minimum atomic E-state index is -0.452. The Kier molecular flexibility index (Phi) is 3.17. The smallest absolute Gasteiger partial charge is 0.123 e. The molecule has 1 saturated carbocycles. The molecule has 2 rings (SSSR count). The van der Waals surface area contributed by atoms with E-state index in [1.165, 1.54) is 0 Å². The summed E-state index contributed by atoms with van der Waals surface area (Å²) in [6, 6.07) is 3.74. The molecule has 3 N–H and O–H groups in total. The number of pyridine rings is 1. The fraction of sp³-hybridized carbons (Fsp3) is 0.545. The van der Waals surface area contributed by atoms with Crippen molar-refractivity contribution >= 4 is 17.6 Å². The largest absolute Gasteiger partial charge is 0.389 e. The van der Waals surface area contributed by atoms with E-state index in [0.29, 0.717) is 5.82 Å². The van der Waals surface area contributed by atoms with Crippen molar-refractivity contribution in [2.24, 2.45) is 0 Å². The van der Waals surface area contributed by atoms with Gasteiger partial charge in [-0.3, -0.25) is 0 Å². The minimum Gasteiger partial charge on any atom is -0.389 e. The summed E-state index contributed by atoms with van der Waals surface area (Å²) in [6.45, 7) is 0. The number of nitrogens with two attached hydrogens (primary N) is 1. The van der Waals surface area contributed by atoms with Gasteiger partial charge in [0, 0.05) is 16.8 Å². The van der Waals surface area contributed by atoms with Crippen LogP contribution in [-0.2, 0) is 0 Å². The number of anilines is 1. The Labute approximate surface area is 94.1 Å². The van der Waals surface area contributed by atoms with Gasteiger partial charge in [-0.05, 0) is 25.0 Å². The molecule has 1 aromatic heterocycles. The number of aliphatic hydroxyl groups is 1. The second kappa shape index (κ2) is 4.41. The molecule has 0 bridgehead atoms. The van der Waals surface area contributed by atoms with E-state index in [1.807, 2.05) is 6.07 Å². The highest BCUT2D eigenvalue weighted by atomic mass is 32.2. The summed E-state index contributed by atoms with van der Waals surface area (Å²) < 4.78 is 0. The summed E-state index contributed by atoms with van der Waals surface area (Å²) in [5.41, 5.74) is 5.05. The Morgan fingerprint density at radius 2 is 2.13 bits per heavy atom. The molecule has 1 aromatic rings. The van der Waals surface area contributed by atoms with Crippen LogP contribution in [-0.4, -0.2) is 21.4 Å². The van der Waals surface area contributed by atoms with Crippen LogP contribution in [0.15, 0.2) is 23.2 Å². The molecule has 1 aliphatic rings. The first kappa shape index (κ1) is 10.8. The van der Waals surface area contributed by atoms with Gasteiger partial charge in [0.25, 0.3) is 0 Å². The van der Waals surface area contributed by atoms with Crippen LogP contribution in [0.3, 0.4) is 0 Å². The summed E-state index contributed by atoms with van der Waals surface area (Å²) in [5, 5.41) is 10.1. The molecule has 0 spiro atoms. The van der Waals surface area contributed by atoms with E-state index in [0.717, 1.165) is 36.3 Å². The molecule has 0 saturated heterocycles. The lowest BCUT2D eigenvalue weighted by atomic mass is 10.1. The van der Waals surface area contributed by atoms with E-state index in [4.69, 9.17) is 5.73 Å². The number of aromatic nitrogens is 1. The van der Waals surface area contributed by atoms with E-state index in [2.05, 4.69) is 4.98 Å². The molecule has 3 nitrogen and oxygen atoms in total. The van der Waals surface area contributed by atoms with Crippen molar-refractivity contribution in [3.63, 3.8) is 0 Å². The molecule has 0 radical (unpaired) electrons. The van der Waals surface area contributed by atoms with E-state index in [-0.39, 0.29) is 0 Å². The second-order valence-corrected chi connectivity index (χ2v) is 5.19. The molecule has 1 aliphatic carbocycles. The Balaban J connectivity index is 1.90. The van der Waals surface area contributed by atoms with E-state index < -0.39 is 5.60 Å². The molecule has 0 unspecified atom stereocenters. The van der Waals surface area contributed by atoms with Gasteiger partial charge in [0.1, 0.15) is 5.82 Å². The standard InChI is InChI=1S/C11H16N2OS/c12-10-4-3-9(7-13-10)15-8-11(14)5-1-2-6-11/h3-4,7,14H,1-2,5-6,8H2,(H2,12,13). The minimum absolute atomic E-state index is 0.452. The van der Waals surface area contributed by atoms with Crippen LogP contribution in [0, 0.1) is 0 Å². The topological polar surface area (TPSA) is 59.1 Å². The normalized spacial score (nSPS) is 19.3. The quantitative estimate of drug-likeness (QED) is 0.772. The summed E-state index contributed by atoms with van der Waals surface area (Å²) in [4.78, 5) is 5.10. The predicted molar refractivity (Wildman–Crippen MR) is 62.8 cm³/mol. The van der Waals surface area contributed by atoms with Gasteiger partial charge < -0.3 is 10.8 Å². The molecule has 4 heteroatoms. The van der Waals surface area contributed by atoms with Gasteiger partial charge in [-0.2, -0.15) is 0 Å². The van der Waals surface area contributed by atoms with Crippen molar-refractivity contribution in [2.45, 2.75) is 36.2 Å². The summed E-state index contributed by atoms with van der Waals surface area (Å²) in [6.07, 6.45) is 5.93. The lowest BCUT2D eigenvalue weighted by Gasteiger charge is -2.21. The number of nitrogen functional groups attached to an aromatic ring is 1. The number of nitrogens with zero attached hydrogens (tertiary/aromatic N) is 1. The van der Waals surface area contributed by atoms with E-state index in [1.54, 1.807) is 24.0 Å². The third-order valence-electron chi connectivity index (χ3n) is 2.80. The van der Waals surface area contributed by atoms with Crippen molar-refractivity contribution in [2.75, 3.05) is 11.5 Å². The summed E-state index contributed by atoms with van der Waals surface area (Å²) in [7, 11) is 0. The molecular weight excluding hydrogens is 208 g/mol. The van der Waals surface area contributed by atoms with Crippen LogP contribution < -0.4 is 5.73 Å². The Morgan fingerprint density at radius 3 is 2.73 bits per heavy atom. The zero-order chi connectivity index (χ0) is 10.7. The molecule has 15 heavy (non-hydrogen) atoms. The molecule has 0 aliphatic heterocycles. The average Bonchev–Trinajstić information content (AvgIpc) is 2.65. The van der Waals surface area contributed by atoms with Gasteiger partial charge in [0.05, 0.1) is 5.60 Å². The molecule has 82 valence electrons. The fourth-order valence-corrected chi connectivity index (χ4v) is 2.89. The summed E-state index contributed by atoms with van der Waals surface area (Å²) >= 11 is 1.66. The first-order valence-corrected chi connectivity index (χ1v) is 6.23. The molecule has 0 amide bonds. The lowest BCUT2D eigenvalue weighted by molar-refractivity contribution is 0.0732. The van der Waals surface area contributed by atoms with Crippen LogP contribution in [0.4, 0.5) is 5.82 Å². The van der Waals surface area contributed by atoms with Crippen LogP contribution in [0.5, 0.6) is 0 Å². The first-order valence-electron chi connectivity index (χ1n) is 5.25. The number of hydrogen-bond donors (Lipinski definition) is 2. The Hall–Kier alpha value is -0.740. The number of thioether (sulfide) groups is 1. The first-order chi connectivity index (χ1) is 7.18. The lowest BCUT2D eigenvalue weighted by Crippen LogP contribution is -2.26. The van der Waals surface area contributed by atoms with E-state index >= 15 is 0 Å². The van der Waals surface area contributed by atoms with Gasteiger partial charge in [0.2, 0.25) is 0 Å². The zero-order valence-electron chi connectivity index (χ0n) is 8.65. The Bertz CT molecular complexity index is 320. The molecule has 0 aromatic carbocycles.